The second-order valence-corrected chi connectivity index (χ2v) is 5.22. The molecule has 8 nitrogen and oxygen atoms in total. The molecule has 120 valence electrons. The molecule has 1 saturated heterocycles. The van der Waals surface area contributed by atoms with Gasteiger partial charge in [-0.15, -0.1) is 0 Å². The third kappa shape index (κ3) is 2.75. The summed E-state index contributed by atoms with van der Waals surface area (Å²) < 4.78 is 9.79. The average Bonchev–Trinajstić information content (AvgIpc) is 2.94. The van der Waals surface area contributed by atoms with Gasteiger partial charge in [-0.25, -0.2) is 0 Å². The first-order chi connectivity index (χ1) is 10.3. The van der Waals surface area contributed by atoms with Gasteiger partial charge in [0.2, 0.25) is 0 Å². The van der Waals surface area contributed by atoms with Crippen molar-refractivity contribution in [2.24, 2.45) is 0 Å². The molecule has 1 atom stereocenters. The van der Waals surface area contributed by atoms with Gasteiger partial charge in [0, 0.05) is 38.4 Å². The Kier molecular flexibility index (Phi) is 4.34. The number of imide groups is 1. The maximum Gasteiger partial charge on any atom is 0.261 e. The van der Waals surface area contributed by atoms with Crippen LogP contribution in [0.3, 0.4) is 0 Å². The van der Waals surface area contributed by atoms with E-state index in [0.29, 0.717) is 11.5 Å². The number of hydrogen-bond donors (Lipinski definition) is 1. The summed E-state index contributed by atoms with van der Waals surface area (Å²) in [6.07, 6.45) is 2.37. The molecule has 2 aliphatic rings. The third-order valence-corrected chi connectivity index (χ3v) is 3.67. The van der Waals surface area contributed by atoms with E-state index >= 15 is 0 Å². The zero-order valence-corrected chi connectivity index (χ0v) is 12.7. The van der Waals surface area contributed by atoms with E-state index in [9.17, 15) is 19.5 Å². The van der Waals surface area contributed by atoms with E-state index in [1.54, 1.807) is 0 Å². The first kappa shape index (κ1) is 16.2. The Bertz CT molecular complexity index is 582. The number of amides is 3. The number of methoxy groups -OCH3 is 2. The van der Waals surface area contributed by atoms with Gasteiger partial charge in [-0.2, -0.15) is 0 Å². The van der Waals surface area contributed by atoms with E-state index in [1.165, 1.54) is 38.3 Å². The quantitative estimate of drug-likeness (QED) is 0.670. The van der Waals surface area contributed by atoms with E-state index in [4.69, 9.17) is 9.47 Å². The molecule has 8 heteroatoms. The maximum absolute atomic E-state index is 12.2. The van der Waals surface area contributed by atoms with Crippen molar-refractivity contribution < 1.29 is 29.0 Å². The summed E-state index contributed by atoms with van der Waals surface area (Å²) in [7, 11) is 4.25. The van der Waals surface area contributed by atoms with Crippen LogP contribution in [0.1, 0.15) is 6.42 Å². The minimum atomic E-state index is -1.68. The van der Waals surface area contributed by atoms with Gasteiger partial charge in [-0.3, -0.25) is 19.3 Å². The fourth-order valence-corrected chi connectivity index (χ4v) is 2.46. The molecule has 2 heterocycles. The van der Waals surface area contributed by atoms with Gasteiger partial charge < -0.3 is 19.5 Å². The van der Waals surface area contributed by atoms with E-state index in [0.717, 1.165) is 4.90 Å². The van der Waals surface area contributed by atoms with Crippen molar-refractivity contribution in [1.82, 2.24) is 9.80 Å². The van der Waals surface area contributed by atoms with Crippen molar-refractivity contribution in [1.29, 1.82) is 0 Å². The fourth-order valence-electron chi connectivity index (χ4n) is 2.46. The summed E-state index contributed by atoms with van der Waals surface area (Å²) in [6, 6.07) is 0. The highest BCUT2D eigenvalue weighted by Crippen LogP contribution is 2.30. The molecule has 0 aromatic rings. The molecule has 0 aromatic heterocycles. The number of nitrogens with zero attached hydrogens (tertiary/aromatic N) is 2. The summed E-state index contributed by atoms with van der Waals surface area (Å²) >= 11 is 0. The number of carbonyl (C=O) groups is 3. The van der Waals surface area contributed by atoms with Crippen LogP contribution in [0, 0.1) is 0 Å². The topological polar surface area (TPSA) is 96.4 Å². The Balaban J connectivity index is 2.15. The van der Waals surface area contributed by atoms with Crippen LogP contribution in [0.5, 0.6) is 0 Å². The van der Waals surface area contributed by atoms with E-state index < -0.39 is 23.3 Å². The minimum absolute atomic E-state index is 0.0471. The molecular weight excluding hydrogens is 292 g/mol. The molecule has 0 radical (unpaired) electrons. The number of carbonyl (C=O) groups excluding carboxylic acids is 3. The molecule has 2 rings (SSSR count). The Morgan fingerprint density at radius 3 is 2.68 bits per heavy atom. The number of ether oxygens (including phenoxy) is 2. The second-order valence-electron chi connectivity index (χ2n) is 5.22. The lowest BCUT2D eigenvalue weighted by molar-refractivity contribution is -0.146. The van der Waals surface area contributed by atoms with Crippen LogP contribution in [-0.2, 0) is 23.9 Å². The molecule has 0 aromatic carbocycles. The third-order valence-electron chi connectivity index (χ3n) is 3.67. The number of hydrogen-bond acceptors (Lipinski definition) is 6. The van der Waals surface area contributed by atoms with Crippen LogP contribution in [0.4, 0.5) is 0 Å². The van der Waals surface area contributed by atoms with Crippen molar-refractivity contribution in [3.05, 3.63) is 23.6 Å². The highest BCUT2D eigenvalue weighted by atomic mass is 16.5. The van der Waals surface area contributed by atoms with Crippen LogP contribution in [-0.4, -0.2) is 72.6 Å². The van der Waals surface area contributed by atoms with Crippen molar-refractivity contribution in [3.8, 4) is 0 Å². The van der Waals surface area contributed by atoms with Crippen LogP contribution >= 0.6 is 0 Å². The Labute approximate surface area is 127 Å². The van der Waals surface area contributed by atoms with Gasteiger partial charge in [0.25, 0.3) is 17.7 Å². The molecule has 0 saturated carbocycles. The van der Waals surface area contributed by atoms with Crippen molar-refractivity contribution in [2.75, 3.05) is 34.4 Å². The van der Waals surface area contributed by atoms with Crippen LogP contribution in [0.2, 0.25) is 0 Å². The van der Waals surface area contributed by atoms with Crippen LogP contribution < -0.4 is 0 Å². The molecular formula is C14H18N2O6. The molecule has 1 fully saturated rings. The normalized spacial score (nSPS) is 26.9. The average molecular weight is 310 g/mol. The van der Waals surface area contributed by atoms with E-state index in [1.807, 2.05) is 0 Å². The molecule has 3 amide bonds. The molecule has 22 heavy (non-hydrogen) atoms. The standard InChI is InChI=1S/C14H18N2O6/c1-15-9(6-14(20,8-21-2)13(15)19)4-11(17)16-7-10(22-3)5-12(16)18/h4-5,20H,6-8H2,1-3H3/b9-4+/t14-/m0/s1. The summed E-state index contributed by atoms with van der Waals surface area (Å²) in [5, 5.41) is 10.2. The molecule has 0 aliphatic carbocycles. The van der Waals surface area contributed by atoms with Gasteiger partial charge in [0.15, 0.2) is 5.60 Å². The first-order valence-electron chi connectivity index (χ1n) is 6.62. The zero-order chi connectivity index (χ0) is 16.5. The highest BCUT2D eigenvalue weighted by Gasteiger charge is 2.47. The van der Waals surface area contributed by atoms with E-state index in [-0.39, 0.29) is 19.6 Å². The zero-order valence-electron chi connectivity index (χ0n) is 12.7. The number of aliphatic hydroxyl groups is 1. The van der Waals surface area contributed by atoms with Crippen LogP contribution in [0.25, 0.3) is 0 Å². The lowest BCUT2D eigenvalue weighted by Gasteiger charge is -2.18. The monoisotopic (exact) mass is 310 g/mol. The first-order valence-corrected chi connectivity index (χ1v) is 6.62. The molecule has 0 spiro atoms. The molecule has 2 aliphatic heterocycles. The number of likely N-dealkylation sites (N-methyl/N-ethyl adjacent to an activating group) is 1. The van der Waals surface area contributed by atoms with Gasteiger partial charge in [0.05, 0.1) is 20.3 Å². The summed E-state index contributed by atoms with van der Waals surface area (Å²) in [5.74, 6) is -1.19. The molecule has 1 N–H and O–H groups in total. The Hall–Kier alpha value is -2.19. The predicted octanol–water partition coefficient (Wildman–Crippen LogP) is -0.991. The maximum atomic E-state index is 12.2. The number of rotatable bonds is 4. The fraction of sp³-hybridized carbons (Fsp3) is 0.500. The lowest BCUT2D eigenvalue weighted by atomic mass is 10.0. The highest BCUT2D eigenvalue weighted by molar-refractivity contribution is 6.07. The summed E-state index contributed by atoms with van der Waals surface area (Å²) in [5.41, 5.74) is -1.35. The molecule has 0 unspecified atom stereocenters. The smallest absolute Gasteiger partial charge is 0.261 e. The number of likely N-dealkylation sites (tertiary alicyclic amines) is 1. The SMILES string of the molecule is COC[C@@]1(O)C/C(=C\C(=O)N2CC(OC)=CC2=O)N(C)C1=O. The Morgan fingerprint density at radius 2 is 2.14 bits per heavy atom. The van der Waals surface area contributed by atoms with Gasteiger partial charge in [0.1, 0.15) is 5.76 Å². The second kappa shape index (κ2) is 5.90. The van der Waals surface area contributed by atoms with Crippen LogP contribution in [0.15, 0.2) is 23.6 Å². The minimum Gasteiger partial charge on any atom is -0.499 e. The van der Waals surface area contributed by atoms with E-state index in [2.05, 4.69) is 0 Å². The van der Waals surface area contributed by atoms with Crippen molar-refractivity contribution in [3.63, 3.8) is 0 Å². The predicted molar refractivity (Wildman–Crippen MR) is 74.1 cm³/mol. The summed E-state index contributed by atoms with van der Waals surface area (Å²) in [4.78, 5) is 38.1. The largest absolute Gasteiger partial charge is 0.499 e. The van der Waals surface area contributed by atoms with Gasteiger partial charge in [-0.05, 0) is 0 Å². The van der Waals surface area contributed by atoms with Gasteiger partial charge >= 0.3 is 0 Å². The van der Waals surface area contributed by atoms with Gasteiger partial charge in [-0.1, -0.05) is 0 Å². The summed E-state index contributed by atoms with van der Waals surface area (Å²) in [6.45, 7) is -0.113. The van der Waals surface area contributed by atoms with Crippen molar-refractivity contribution >= 4 is 17.7 Å². The Morgan fingerprint density at radius 1 is 1.45 bits per heavy atom. The molecule has 0 bridgehead atoms. The lowest BCUT2D eigenvalue weighted by Crippen LogP contribution is -2.42. The van der Waals surface area contributed by atoms with Crippen molar-refractivity contribution in [2.45, 2.75) is 12.0 Å².